The topological polar surface area (TPSA) is 20.3 Å². The van der Waals surface area contributed by atoms with Crippen molar-refractivity contribution >= 4 is 5.78 Å². The van der Waals surface area contributed by atoms with Crippen LogP contribution in [0.4, 0.5) is 0 Å². The van der Waals surface area contributed by atoms with Gasteiger partial charge in [-0.1, -0.05) is 6.42 Å². The van der Waals surface area contributed by atoms with Gasteiger partial charge in [-0.05, 0) is 40.2 Å². The summed E-state index contributed by atoms with van der Waals surface area (Å²) in [5.74, 6) is 0.295. The number of hydrogen-bond acceptors (Lipinski definition) is 2. The molecule has 2 heteroatoms. The van der Waals surface area contributed by atoms with Gasteiger partial charge < -0.3 is 0 Å². The highest BCUT2D eigenvalue weighted by Gasteiger charge is 2.25. The Morgan fingerprint density at radius 1 is 1.50 bits per heavy atom. The second-order valence-corrected chi connectivity index (χ2v) is 3.87. The van der Waals surface area contributed by atoms with Crippen molar-refractivity contribution in [1.29, 1.82) is 0 Å². The number of piperidine rings is 1. The molecule has 2 nitrogen and oxygen atoms in total. The molecule has 0 amide bonds. The molecule has 0 spiro atoms. The minimum atomic E-state index is 0.125. The molecular formula is C10H19NO. The van der Waals surface area contributed by atoms with E-state index in [1.165, 1.54) is 19.3 Å². The molecule has 2 unspecified atom stereocenters. The van der Waals surface area contributed by atoms with Crippen molar-refractivity contribution in [3.8, 4) is 0 Å². The maximum atomic E-state index is 11.1. The number of Topliss-reactive ketones (excluding diaryl/α,β-unsaturated/α-hetero) is 1. The predicted molar refractivity (Wildman–Crippen MR) is 50.2 cm³/mol. The monoisotopic (exact) mass is 169 g/mol. The molecule has 0 aromatic carbocycles. The quantitative estimate of drug-likeness (QED) is 0.628. The molecule has 0 radical (unpaired) electrons. The molecule has 1 aliphatic rings. The first-order valence-corrected chi connectivity index (χ1v) is 4.89. The Bertz CT molecular complexity index is 167. The summed E-state index contributed by atoms with van der Waals surface area (Å²) in [4.78, 5) is 13.5. The molecule has 70 valence electrons. The molecule has 1 aliphatic heterocycles. The number of ketones is 1. The van der Waals surface area contributed by atoms with Crippen LogP contribution in [-0.4, -0.2) is 29.3 Å². The molecule has 0 aromatic rings. The largest absolute Gasteiger partial charge is 0.298 e. The standard InChI is InChI=1S/C10H19NO/c1-8-6-4-5-7-11(8)9(2)10(3)12/h8-9H,4-7H2,1-3H3. The summed E-state index contributed by atoms with van der Waals surface area (Å²) in [5, 5.41) is 0. The van der Waals surface area contributed by atoms with Gasteiger partial charge in [0.05, 0.1) is 6.04 Å². The highest BCUT2D eigenvalue weighted by Crippen LogP contribution is 2.19. The minimum Gasteiger partial charge on any atom is -0.298 e. The van der Waals surface area contributed by atoms with Gasteiger partial charge in [0.2, 0.25) is 0 Å². The third-order valence-corrected chi connectivity index (χ3v) is 2.94. The van der Waals surface area contributed by atoms with Gasteiger partial charge in [-0.3, -0.25) is 9.69 Å². The number of hydrogen-bond donors (Lipinski definition) is 0. The second-order valence-electron chi connectivity index (χ2n) is 3.87. The molecule has 0 N–H and O–H groups in total. The van der Waals surface area contributed by atoms with Gasteiger partial charge in [-0.25, -0.2) is 0 Å². The Morgan fingerprint density at radius 2 is 2.17 bits per heavy atom. The van der Waals surface area contributed by atoms with E-state index in [9.17, 15) is 4.79 Å². The molecule has 0 aromatic heterocycles. The molecule has 12 heavy (non-hydrogen) atoms. The first-order valence-electron chi connectivity index (χ1n) is 4.89. The molecule has 1 rings (SSSR count). The van der Waals surface area contributed by atoms with Crippen molar-refractivity contribution in [3.05, 3.63) is 0 Å². The summed E-state index contributed by atoms with van der Waals surface area (Å²) in [7, 11) is 0. The van der Waals surface area contributed by atoms with Crippen LogP contribution in [0.2, 0.25) is 0 Å². The summed E-state index contributed by atoms with van der Waals surface area (Å²) >= 11 is 0. The van der Waals surface area contributed by atoms with Crippen molar-refractivity contribution in [1.82, 2.24) is 4.90 Å². The zero-order valence-corrected chi connectivity index (χ0v) is 8.34. The Balaban J connectivity index is 2.53. The molecule has 1 saturated heterocycles. The lowest BCUT2D eigenvalue weighted by Crippen LogP contribution is -2.46. The first-order chi connectivity index (χ1) is 5.63. The second kappa shape index (κ2) is 4.04. The average molecular weight is 169 g/mol. The number of rotatable bonds is 2. The van der Waals surface area contributed by atoms with E-state index in [0.29, 0.717) is 11.8 Å². The molecule has 0 aliphatic carbocycles. The van der Waals surface area contributed by atoms with Gasteiger partial charge in [-0.15, -0.1) is 0 Å². The lowest BCUT2D eigenvalue weighted by atomic mass is 10.0. The summed E-state index contributed by atoms with van der Waals surface area (Å²) in [5.41, 5.74) is 0. The van der Waals surface area contributed by atoms with Crippen LogP contribution >= 0.6 is 0 Å². The Kier molecular flexibility index (Phi) is 3.27. The van der Waals surface area contributed by atoms with E-state index >= 15 is 0 Å². The van der Waals surface area contributed by atoms with Crippen molar-refractivity contribution in [3.63, 3.8) is 0 Å². The van der Waals surface area contributed by atoms with E-state index in [2.05, 4.69) is 11.8 Å². The van der Waals surface area contributed by atoms with Gasteiger partial charge in [0.15, 0.2) is 0 Å². The molecule has 0 saturated carbocycles. The van der Waals surface area contributed by atoms with Crippen LogP contribution in [0.1, 0.15) is 40.0 Å². The highest BCUT2D eigenvalue weighted by atomic mass is 16.1. The fraction of sp³-hybridized carbons (Fsp3) is 0.900. The zero-order valence-electron chi connectivity index (χ0n) is 8.34. The number of likely N-dealkylation sites (tertiary alicyclic amines) is 1. The Labute approximate surface area is 74.9 Å². The molecular weight excluding hydrogens is 150 g/mol. The van der Waals surface area contributed by atoms with Gasteiger partial charge in [0, 0.05) is 6.04 Å². The molecule has 1 heterocycles. The fourth-order valence-corrected chi connectivity index (χ4v) is 1.93. The van der Waals surface area contributed by atoms with Crippen molar-refractivity contribution in [2.75, 3.05) is 6.54 Å². The van der Waals surface area contributed by atoms with Crippen LogP contribution in [0.3, 0.4) is 0 Å². The average Bonchev–Trinajstić information content (AvgIpc) is 2.04. The SMILES string of the molecule is CC(=O)C(C)N1CCCCC1C. The van der Waals surface area contributed by atoms with E-state index in [1.807, 2.05) is 6.92 Å². The third-order valence-electron chi connectivity index (χ3n) is 2.94. The lowest BCUT2D eigenvalue weighted by Gasteiger charge is -2.36. The minimum absolute atomic E-state index is 0.125. The number of carbonyl (C=O) groups excluding carboxylic acids is 1. The van der Waals surface area contributed by atoms with E-state index in [4.69, 9.17) is 0 Å². The maximum absolute atomic E-state index is 11.1. The van der Waals surface area contributed by atoms with Crippen LogP contribution in [0, 0.1) is 0 Å². The van der Waals surface area contributed by atoms with E-state index < -0.39 is 0 Å². The zero-order chi connectivity index (χ0) is 9.14. The number of carbonyl (C=O) groups is 1. The normalized spacial score (nSPS) is 28.4. The van der Waals surface area contributed by atoms with Crippen molar-refractivity contribution in [2.24, 2.45) is 0 Å². The smallest absolute Gasteiger partial charge is 0.146 e. The summed E-state index contributed by atoms with van der Waals surface area (Å²) in [6, 6.07) is 0.720. The fourth-order valence-electron chi connectivity index (χ4n) is 1.93. The number of nitrogens with zero attached hydrogens (tertiary/aromatic N) is 1. The Morgan fingerprint density at radius 3 is 2.67 bits per heavy atom. The maximum Gasteiger partial charge on any atom is 0.146 e. The van der Waals surface area contributed by atoms with E-state index in [0.717, 1.165) is 6.54 Å². The van der Waals surface area contributed by atoms with Gasteiger partial charge in [-0.2, -0.15) is 0 Å². The predicted octanol–water partition coefficient (Wildman–Crippen LogP) is 1.84. The summed E-state index contributed by atoms with van der Waals surface area (Å²) < 4.78 is 0. The van der Waals surface area contributed by atoms with Crippen LogP contribution in [0.25, 0.3) is 0 Å². The summed E-state index contributed by atoms with van der Waals surface area (Å²) in [6.07, 6.45) is 3.82. The van der Waals surface area contributed by atoms with Crippen LogP contribution in [-0.2, 0) is 4.79 Å². The van der Waals surface area contributed by atoms with Crippen LogP contribution in [0.15, 0.2) is 0 Å². The molecule has 0 bridgehead atoms. The van der Waals surface area contributed by atoms with Gasteiger partial charge >= 0.3 is 0 Å². The van der Waals surface area contributed by atoms with Crippen LogP contribution < -0.4 is 0 Å². The Hall–Kier alpha value is -0.370. The van der Waals surface area contributed by atoms with E-state index in [1.54, 1.807) is 6.92 Å². The highest BCUT2D eigenvalue weighted by molar-refractivity contribution is 5.80. The first kappa shape index (κ1) is 9.72. The van der Waals surface area contributed by atoms with Crippen molar-refractivity contribution in [2.45, 2.75) is 52.1 Å². The molecule has 1 fully saturated rings. The summed E-state index contributed by atoms with van der Waals surface area (Å²) in [6.45, 7) is 7.02. The molecule has 2 atom stereocenters. The van der Waals surface area contributed by atoms with Gasteiger partial charge in [0.1, 0.15) is 5.78 Å². The van der Waals surface area contributed by atoms with Gasteiger partial charge in [0.25, 0.3) is 0 Å². The third kappa shape index (κ3) is 2.07. The lowest BCUT2D eigenvalue weighted by molar-refractivity contribution is -0.122. The van der Waals surface area contributed by atoms with E-state index in [-0.39, 0.29) is 6.04 Å². The van der Waals surface area contributed by atoms with Crippen LogP contribution in [0.5, 0.6) is 0 Å². The van der Waals surface area contributed by atoms with Crippen molar-refractivity contribution < 1.29 is 4.79 Å².